The van der Waals surface area contributed by atoms with E-state index in [-0.39, 0.29) is 0 Å². The molecule has 0 saturated heterocycles. The monoisotopic (exact) mass is 176 g/mol. The maximum Gasteiger partial charge on any atom is 0.0807 e. The first-order chi connectivity index (χ1) is 6.33. The van der Waals surface area contributed by atoms with E-state index in [2.05, 4.69) is 23.8 Å². The molecule has 0 radical (unpaired) electrons. The molecule has 1 atom stereocenters. The van der Waals surface area contributed by atoms with Gasteiger partial charge in [0.25, 0.3) is 0 Å². The summed E-state index contributed by atoms with van der Waals surface area (Å²) in [6.45, 7) is 5.28. The third-order valence-electron chi connectivity index (χ3n) is 2.03. The maximum absolute atomic E-state index is 4.32. The third-order valence-corrected chi connectivity index (χ3v) is 2.03. The van der Waals surface area contributed by atoms with E-state index in [0.29, 0.717) is 5.92 Å². The van der Waals surface area contributed by atoms with Crippen LogP contribution in [0, 0.1) is 5.92 Å². The summed E-state index contributed by atoms with van der Waals surface area (Å²) in [5.74, 6) is 0.667. The fourth-order valence-corrected chi connectivity index (χ4v) is 0.908. The molecule has 0 amide bonds. The summed E-state index contributed by atoms with van der Waals surface area (Å²) in [6.07, 6.45) is 4.80. The molecule has 13 heavy (non-hydrogen) atoms. The smallest absolute Gasteiger partial charge is 0.0807 e. The van der Waals surface area contributed by atoms with Gasteiger partial charge in [0.15, 0.2) is 0 Å². The van der Waals surface area contributed by atoms with Gasteiger partial charge in [0.2, 0.25) is 0 Å². The molecule has 0 aliphatic heterocycles. The van der Waals surface area contributed by atoms with Gasteiger partial charge in [-0.3, -0.25) is 9.98 Å². The van der Waals surface area contributed by atoms with Crippen molar-refractivity contribution in [3.05, 3.63) is 30.1 Å². The van der Waals surface area contributed by atoms with Crippen LogP contribution in [0.4, 0.5) is 0 Å². The average Bonchev–Trinajstić information content (AvgIpc) is 2.19. The molecule has 0 aliphatic rings. The number of aliphatic imine (C=N–C) groups is 1. The Kier molecular flexibility index (Phi) is 4.16. The van der Waals surface area contributed by atoms with E-state index in [1.807, 2.05) is 24.4 Å². The van der Waals surface area contributed by atoms with Crippen molar-refractivity contribution in [1.29, 1.82) is 0 Å². The molecule has 2 nitrogen and oxygen atoms in total. The van der Waals surface area contributed by atoms with Crippen molar-refractivity contribution in [3.8, 4) is 0 Å². The van der Waals surface area contributed by atoms with Gasteiger partial charge in [0, 0.05) is 19.0 Å². The summed E-state index contributed by atoms with van der Waals surface area (Å²) >= 11 is 0. The number of hydrogen-bond acceptors (Lipinski definition) is 2. The molecule has 0 aromatic carbocycles. The minimum atomic E-state index is 0.667. The standard InChI is InChI=1S/C11H16N2/c1-3-10(2)8-12-9-11-6-4-5-7-13-11/h4-7,9-10H,3,8H2,1-2H3/b12-9+/t10-/m1/s1. The average molecular weight is 176 g/mol. The van der Waals surface area contributed by atoms with Gasteiger partial charge in [-0.05, 0) is 18.1 Å². The van der Waals surface area contributed by atoms with Gasteiger partial charge in [-0.25, -0.2) is 0 Å². The zero-order chi connectivity index (χ0) is 9.52. The van der Waals surface area contributed by atoms with Gasteiger partial charge in [0.05, 0.1) is 5.69 Å². The van der Waals surface area contributed by atoms with Crippen LogP contribution < -0.4 is 0 Å². The van der Waals surface area contributed by atoms with Crippen LogP contribution in [-0.2, 0) is 0 Å². The predicted molar refractivity (Wildman–Crippen MR) is 56.2 cm³/mol. The second kappa shape index (κ2) is 5.46. The first kappa shape index (κ1) is 9.90. The second-order valence-corrected chi connectivity index (χ2v) is 3.26. The minimum Gasteiger partial charge on any atom is -0.291 e. The Bertz CT molecular complexity index is 254. The molecular formula is C11H16N2. The molecule has 1 aromatic heterocycles. The highest BCUT2D eigenvalue weighted by molar-refractivity contribution is 5.76. The molecule has 0 saturated carbocycles. The van der Waals surface area contributed by atoms with Gasteiger partial charge >= 0.3 is 0 Å². The summed E-state index contributed by atoms with van der Waals surface area (Å²) in [5.41, 5.74) is 0.936. The lowest BCUT2D eigenvalue weighted by molar-refractivity contribution is 0.578. The van der Waals surface area contributed by atoms with E-state index in [9.17, 15) is 0 Å². The Morgan fingerprint density at radius 1 is 1.54 bits per heavy atom. The minimum absolute atomic E-state index is 0.667. The summed E-state index contributed by atoms with van der Waals surface area (Å²) in [7, 11) is 0. The zero-order valence-electron chi connectivity index (χ0n) is 8.27. The SMILES string of the molecule is CC[C@@H](C)C/N=C/c1ccccn1. The molecule has 0 unspecified atom stereocenters. The Labute approximate surface area is 79.7 Å². The molecule has 2 heteroatoms. The quantitative estimate of drug-likeness (QED) is 0.647. The highest BCUT2D eigenvalue weighted by Gasteiger charge is 1.94. The lowest BCUT2D eigenvalue weighted by Gasteiger charge is -2.01. The van der Waals surface area contributed by atoms with Gasteiger partial charge in [-0.1, -0.05) is 26.3 Å². The van der Waals surface area contributed by atoms with Crippen molar-refractivity contribution < 1.29 is 0 Å². The van der Waals surface area contributed by atoms with Crippen LogP contribution in [0.25, 0.3) is 0 Å². The second-order valence-electron chi connectivity index (χ2n) is 3.26. The summed E-state index contributed by atoms with van der Waals surface area (Å²) in [5, 5.41) is 0. The molecule has 0 spiro atoms. The molecule has 1 rings (SSSR count). The van der Waals surface area contributed by atoms with Crippen molar-refractivity contribution in [2.75, 3.05) is 6.54 Å². The van der Waals surface area contributed by atoms with Crippen LogP contribution in [0.3, 0.4) is 0 Å². The topological polar surface area (TPSA) is 25.2 Å². The van der Waals surface area contributed by atoms with E-state index in [4.69, 9.17) is 0 Å². The molecule has 0 N–H and O–H groups in total. The number of nitrogens with zero attached hydrogens (tertiary/aromatic N) is 2. The summed E-state index contributed by atoms with van der Waals surface area (Å²) in [4.78, 5) is 8.48. The van der Waals surface area contributed by atoms with Crippen LogP contribution >= 0.6 is 0 Å². The fourth-order valence-electron chi connectivity index (χ4n) is 0.908. The Balaban J connectivity index is 2.41. The van der Waals surface area contributed by atoms with Crippen LogP contribution in [0.15, 0.2) is 29.4 Å². The summed E-state index contributed by atoms with van der Waals surface area (Å²) in [6, 6.07) is 5.84. The number of pyridine rings is 1. The largest absolute Gasteiger partial charge is 0.291 e. The van der Waals surface area contributed by atoms with Crippen molar-refractivity contribution in [3.63, 3.8) is 0 Å². The maximum atomic E-state index is 4.32. The van der Waals surface area contributed by atoms with Gasteiger partial charge in [0.1, 0.15) is 0 Å². The van der Waals surface area contributed by atoms with Crippen molar-refractivity contribution in [1.82, 2.24) is 4.98 Å². The third kappa shape index (κ3) is 3.83. The molecular weight excluding hydrogens is 160 g/mol. The van der Waals surface area contributed by atoms with E-state index >= 15 is 0 Å². The molecule has 0 fully saturated rings. The molecule has 1 heterocycles. The van der Waals surface area contributed by atoms with Crippen molar-refractivity contribution in [2.24, 2.45) is 10.9 Å². The van der Waals surface area contributed by atoms with Crippen molar-refractivity contribution >= 4 is 6.21 Å². The fraction of sp³-hybridized carbons (Fsp3) is 0.455. The van der Waals surface area contributed by atoms with Crippen LogP contribution in [0.5, 0.6) is 0 Å². The molecule has 1 aromatic rings. The summed E-state index contributed by atoms with van der Waals surface area (Å²) < 4.78 is 0. The number of aromatic nitrogens is 1. The Hall–Kier alpha value is -1.18. The van der Waals surface area contributed by atoms with E-state index in [1.165, 1.54) is 6.42 Å². The normalized spacial score (nSPS) is 13.4. The molecule has 0 bridgehead atoms. The van der Waals surface area contributed by atoms with E-state index in [0.717, 1.165) is 12.2 Å². The molecule has 70 valence electrons. The van der Waals surface area contributed by atoms with Crippen molar-refractivity contribution in [2.45, 2.75) is 20.3 Å². The van der Waals surface area contributed by atoms with Crippen LogP contribution in [-0.4, -0.2) is 17.7 Å². The number of hydrogen-bond donors (Lipinski definition) is 0. The molecule has 0 aliphatic carbocycles. The highest BCUT2D eigenvalue weighted by atomic mass is 14.7. The first-order valence-corrected chi connectivity index (χ1v) is 4.73. The lowest BCUT2D eigenvalue weighted by Crippen LogP contribution is -1.97. The van der Waals surface area contributed by atoms with E-state index in [1.54, 1.807) is 6.20 Å². The predicted octanol–water partition coefficient (Wildman–Crippen LogP) is 2.55. The Morgan fingerprint density at radius 3 is 3.00 bits per heavy atom. The number of rotatable bonds is 4. The van der Waals surface area contributed by atoms with Crippen LogP contribution in [0.1, 0.15) is 26.0 Å². The highest BCUT2D eigenvalue weighted by Crippen LogP contribution is 2.00. The van der Waals surface area contributed by atoms with Gasteiger partial charge in [-0.15, -0.1) is 0 Å². The lowest BCUT2D eigenvalue weighted by atomic mass is 10.1. The first-order valence-electron chi connectivity index (χ1n) is 4.73. The van der Waals surface area contributed by atoms with Gasteiger partial charge < -0.3 is 0 Å². The van der Waals surface area contributed by atoms with Crippen LogP contribution in [0.2, 0.25) is 0 Å². The van der Waals surface area contributed by atoms with E-state index < -0.39 is 0 Å². The Morgan fingerprint density at radius 2 is 2.38 bits per heavy atom. The zero-order valence-corrected chi connectivity index (χ0v) is 8.27. The van der Waals surface area contributed by atoms with Gasteiger partial charge in [-0.2, -0.15) is 0 Å².